The molecule has 2 aromatic rings. The standard InChI is InChI=1S/C13H19NO2.C13H15NO2.2C2H6/c2*1-13(2,6-7-14)11-5-4-10(9-15)12(8-11)16-3;2*1-2/h4-5,8-9H,6-7,14H2,1-3H3;4-5,8-9H,6H2,1-3H3;2*1-2H3. The molecule has 0 bridgehead atoms. The van der Waals surface area contributed by atoms with Crippen molar-refractivity contribution in [2.45, 2.75) is 79.1 Å². The lowest BCUT2D eigenvalue weighted by Crippen LogP contribution is -2.21. The van der Waals surface area contributed by atoms with Gasteiger partial charge in [-0.1, -0.05) is 67.5 Å². The van der Waals surface area contributed by atoms with Crippen molar-refractivity contribution < 1.29 is 19.1 Å². The van der Waals surface area contributed by atoms with Crippen LogP contribution in [0.15, 0.2) is 36.4 Å². The van der Waals surface area contributed by atoms with Crippen molar-refractivity contribution in [1.29, 1.82) is 5.26 Å². The summed E-state index contributed by atoms with van der Waals surface area (Å²) in [5.74, 6) is 1.18. The fraction of sp³-hybridized carbons (Fsp3) is 0.500. The number of hydrogen-bond donors (Lipinski definition) is 1. The van der Waals surface area contributed by atoms with Crippen molar-refractivity contribution in [3.05, 3.63) is 58.7 Å². The monoisotopic (exact) mass is 498 g/mol. The van der Waals surface area contributed by atoms with Gasteiger partial charge in [0, 0.05) is 11.8 Å². The molecule has 0 fully saturated rings. The van der Waals surface area contributed by atoms with Crippen LogP contribution in [0.4, 0.5) is 0 Å². The number of nitriles is 1. The Morgan fingerprint density at radius 2 is 1.19 bits per heavy atom. The van der Waals surface area contributed by atoms with E-state index >= 15 is 0 Å². The van der Waals surface area contributed by atoms with Crippen LogP contribution in [0, 0.1) is 11.3 Å². The first-order valence-corrected chi connectivity index (χ1v) is 12.4. The second kappa shape index (κ2) is 18.1. The number of nitrogens with zero attached hydrogens (tertiary/aromatic N) is 1. The molecule has 6 nitrogen and oxygen atoms in total. The zero-order valence-corrected chi connectivity index (χ0v) is 23.9. The minimum absolute atomic E-state index is 0.00342. The molecule has 0 radical (unpaired) electrons. The highest BCUT2D eigenvalue weighted by Crippen LogP contribution is 2.31. The molecule has 0 spiro atoms. The van der Waals surface area contributed by atoms with Gasteiger partial charge in [-0.05, 0) is 53.8 Å². The molecule has 200 valence electrons. The summed E-state index contributed by atoms with van der Waals surface area (Å²) in [5.41, 5.74) is 8.60. The van der Waals surface area contributed by atoms with Gasteiger partial charge in [-0.15, -0.1) is 0 Å². The molecule has 0 atom stereocenters. The second-order valence-electron chi connectivity index (χ2n) is 8.79. The Kier molecular flexibility index (Phi) is 17.6. The summed E-state index contributed by atoms with van der Waals surface area (Å²) in [4.78, 5) is 21.5. The summed E-state index contributed by atoms with van der Waals surface area (Å²) >= 11 is 0. The maximum absolute atomic E-state index is 10.8. The van der Waals surface area contributed by atoms with E-state index < -0.39 is 0 Å². The number of carbonyl (C=O) groups excluding carboxylic acids is 2. The van der Waals surface area contributed by atoms with E-state index in [2.05, 4.69) is 19.9 Å². The molecule has 0 aliphatic carbocycles. The summed E-state index contributed by atoms with van der Waals surface area (Å²) < 4.78 is 10.3. The van der Waals surface area contributed by atoms with E-state index in [9.17, 15) is 9.59 Å². The maximum Gasteiger partial charge on any atom is 0.153 e. The lowest BCUT2D eigenvalue weighted by atomic mass is 9.81. The summed E-state index contributed by atoms with van der Waals surface area (Å²) in [5, 5.41) is 8.75. The number of hydrogen-bond acceptors (Lipinski definition) is 6. The van der Waals surface area contributed by atoms with Gasteiger partial charge in [0.2, 0.25) is 0 Å². The fourth-order valence-corrected chi connectivity index (χ4v) is 3.26. The van der Waals surface area contributed by atoms with Crippen LogP contribution in [0.2, 0.25) is 0 Å². The van der Waals surface area contributed by atoms with Gasteiger partial charge in [0.1, 0.15) is 11.5 Å². The lowest BCUT2D eigenvalue weighted by molar-refractivity contribution is 0.111. The topological polar surface area (TPSA) is 102 Å². The number of rotatable bonds is 9. The van der Waals surface area contributed by atoms with Crippen molar-refractivity contribution in [2.75, 3.05) is 20.8 Å². The quantitative estimate of drug-likeness (QED) is 0.378. The van der Waals surface area contributed by atoms with Gasteiger partial charge in [0.05, 0.1) is 31.4 Å². The molecular formula is C30H46N2O4. The van der Waals surface area contributed by atoms with Gasteiger partial charge >= 0.3 is 0 Å². The third-order valence-electron chi connectivity index (χ3n) is 5.57. The Morgan fingerprint density at radius 1 is 0.806 bits per heavy atom. The number of aldehydes is 2. The Hall–Kier alpha value is -3.17. The molecule has 0 aliphatic heterocycles. The van der Waals surface area contributed by atoms with Crippen LogP contribution in [0.3, 0.4) is 0 Å². The van der Waals surface area contributed by atoms with Crippen LogP contribution in [-0.2, 0) is 10.8 Å². The van der Waals surface area contributed by atoms with Gasteiger partial charge in [-0.25, -0.2) is 0 Å². The summed E-state index contributed by atoms with van der Waals surface area (Å²) in [6.45, 7) is 16.9. The highest BCUT2D eigenvalue weighted by Gasteiger charge is 2.22. The normalized spacial score (nSPS) is 10.1. The highest BCUT2D eigenvalue weighted by atomic mass is 16.5. The number of benzene rings is 2. The number of nitrogens with two attached hydrogens (primary N) is 1. The SMILES string of the molecule is CC.CC.COc1cc(C(C)(C)CC#N)ccc1C=O.COc1cc(C(C)(C)CCN)ccc1C=O. The van der Waals surface area contributed by atoms with Crippen LogP contribution >= 0.6 is 0 Å². The van der Waals surface area contributed by atoms with Crippen molar-refractivity contribution >= 4 is 12.6 Å². The number of ether oxygens (including phenoxy) is 2. The maximum atomic E-state index is 10.8. The van der Waals surface area contributed by atoms with Crippen LogP contribution in [0.5, 0.6) is 11.5 Å². The lowest BCUT2D eigenvalue weighted by Gasteiger charge is -2.25. The average Bonchev–Trinajstić information content (AvgIpc) is 2.90. The molecule has 36 heavy (non-hydrogen) atoms. The van der Waals surface area contributed by atoms with Crippen LogP contribution in [-0.4, -0.2) is 33.3 Å². The Bertz CT molecular complexity index is 960. The fourth-order valence-electron chi connectivity index (χ4n) is 3.26. The van der Waals surface area contributed by atoms with E-state index in [0.717, 1.165) is 30.1 Å². The largest absolute Gasteiger partial charge is 0.496 e. The van der Waals surface area contributed by atoms with Crippen molar-refractivity contribution in [2.24, 2.45) is 5.73 Å². The molecule has 0 amide bonds. The Labute approximate surface area is 218 Å². The number of methoxy groups -OCH3 is 2. The minimum Gasteiger partial charge on any atom is -0.496 e. The van der Waals surface area contributed by atoms with Crippen molar-refractivity contribution in [1.82, 2.24) is 0 Å². The van der Waals surface area contributed by atoms with Gasteiger partial charge in [0.15, 0.2) is 12.6 Å². The van der Waals surface area contributed by atoms with Gasteiger partial charge in [-0.3, -0.25) is 9.59 Å². The minimum atomic E-state index is -0.233. The van der Waals surface area contributed by atoms with Gasteiger partial charge in [0.25, 0.3) is 0 Å². The average molecular weight is 499 g/mol. The van der Waals surface area contributed by atoms with Gasteiger partial charge in [-0.2, -0.15) is 5.26 Å². The molecule has 6 heteroatoms. The van der Waals surface area contributed by atoms with E-state index in [1.54, 1.807) is 19.2 Å². The first-order chi connectivity index (χ1) is 17.1. The van der Waals surface area contributed by atoms with E-state index in [1.807, 2.05) is 65.8 Å². The second-order valence-corrected chi connectivity index (χ2v) is 8.79. The highest BCUT2D eigenvalue weighted by molar-refractivity contribution is 5.80. The Balaban J connectivity index is 0. The van der Waals surface area contributed by atoms with E-state index in [4.69, 9.17) is 20.5 Å². The first kappa shape index (κ1) is 35.0. The predicted octanol–water partition coefficient (Wildman–Crippen LogP) is 6.89. The molecule has 2 rings (SSSR count). The van der Waals surface area contributed by atoms with Crippen LogP contribution < -0.4 is 15.2 Å². The molecular weight excluding hydrogens is 452 g/mol. The zero-order chi connectivity index (χ0) is 28.4. The summed E-state index contributed by atoms with van der Waals surface area (Å²) in [7, 11) is 3.10. The summed E-state index contributed by atoms with van der Waals surface area (Å²) in [6.07, 6.45) is 2.89. The third-order valence-corrected chi connectivity index (χ3v) is 5.57. The first-order valence-electron chi connectivity index (χ1n) is 12.4. The van der Waals surface area contributed by atoms with Gasteiger partial charge < -0.3 is 15.2 Å². The molecule has 0 unspecified atom stereocenters. The molecule has 0 saturated heterocycles. The van der Waals surface area contributed by atoms with Crippen molar-refractivity contribution in [3.63, 3.8) is 0 Å². The third kappa shape index (κ3) is 10.6. The van der Waals surface area contributed by atoms with E-state index in [1.165, 1.54) is 7.11 Å². The number of carbonyl (C=O) groups is 2. The van der Waals surface area contributed by atoms with Crippen LogP contribution in [0.25, 0.3) is 0 Å². The predicted molar refractivity (Wildman–Crippen MR) is 149 cm³/mol. The zero-order valence-electron chi connectivity index (χ0n) is 23.9. The van der Waals surface area contributed by atoms with E-state index in [-0.39, 0.29) is 10.8 Å². The van der Waals surface area contributed by atoms with Crippen molar-refractivity contribution in [3.8, 4) is 17.6 Å². The summed E-state index contributed by atoms with van der Waals surface area (Å²) in [6, 6.07) is 13.2. The molecule has 2 aromatic carbocycles. The molecule has 0 aromatic heterocycles. The molecule has 2 N–H and O–H groups in total. The van der Waals surface area contributed by atoms with E-state index in [0.29, 0.717) is 35.6 Å². The smallest absolute Gasteiger partial charge is 0.153 e. The Morgan fingerprint density at radius 3 is 1.50 bits per heavy atom. The molecule has 0 saturated carbocycles. The van der Waals surface area contributed by atoms with Crippen LogP contribution in [0.1, 0.15) is 100 Å². The molecule has 0 heterocycles. The molecule has 0 aliphatic rings.